The van der Waals surface area contributed by atoms with E-state index in [1.807, 2.05) is 0 Å². The van der Waals surface area contributed by atoms with Crippen LogP contribution in [0, 0.1) is 0 Å². The van der Waals surface area contributed by atoms with E-state index in [4.69, 9.17) is 10.9 Å². The Hall–Kier alpha value is -0.610. The van der Waals surface area contributed by atoms with Gasteiger partial charge in [-0.05, 0) is 12.8 Å². The first-order valence-electron chi connectivity index (χ1n) is 2.96. The number of hydroxylamine groups is 2. The van der Waals surface area contributed by atoms with Crippen molar-refractivity contribution >= 4 is 5.91 Å². The summed E-state index contributed by atoms with van der Waals surface area (Å²) in [5, 5.41) is 9.89. The van der Waals surface area contributed by atoms with Crippen molar-refractivity contribution in [1.82, 2.24) is 5.06 Å². The van der Waals surface area contributed by atoms with E-state index in [0.29, 0.717) is 13.0 Å². The van der Waals surface area contributed by atoms with E-state index >= 15 is 0 Å². The zero-order valence-corrected chi connectivity index (χ0v) is 5.08. The van der Waals surface area contributed by atoms with Crippen molar-refractivity contribution in [2.24, 2.45) is 5.73 Å². The molecule has 1 fully saturated rings. The molecule has 0 saturated carbocycles. The summed E-state index contributed by atoms with van der Waals surface area (Å²) in [6.45, 7) is 0.563. The maximum absolute atomic E-state index is 10.4. The van der Waals surface area contributed by atoms with Gasteiger partial charge in [0.2, 0.25) is 5.91 Å². The molecule has 1 rings (SSSR count). The van der Waals surface area contributed by atoms with Gasteiger partial charge in [-0.3, -0.25) is 4.79 Å². The van der Waals surface area contributed by atoms with Crippen LogP contribution >= 0.6 is 0 Å². The van der Waals surface area contributed by atoms with E-state index in [9.17, 15) is 4.79 Å². The van der Waals surface area contributed by atoms with Gasteiger partial charge in [0.15, 0.2) is 0 Å². The fraction of sp³-hybridized carbons (Fsp3) is 0.800. The van der Waals surface area contributed by atoms with Crippen LogP contribution in [0.3, 0.4) is 0 Å². The van der Waals surface area contributed by atoms with Gasteiger partial charge in [-0.15, -0.1) is 0 Å². The molecule has 3 N–H and O–H groups in total. The minimum atomic E-state index is -0.440. The van der Waals surface area contributed by atoms with E-state index in [1.54, 1.807) is 0 Å². The zero-order chi connectivity index (χ0) is 6.85. The Kier molecular flexibility index (Phi) is 1.68. The molecule has 0 aromatic carbocycles. The first kappa shape index (κ1) is 6.51. The number of nitrogens with zero attached hydrogens (tertiary/aromatic N) is 1. The molecule has 1 heterocycles. The van der Waals surface area contributed by atoms with Gasteiger partial charge in [-0.25, -0.2) is 0 Å². The average molecular weight is 130 g/mol. The Morgan fingerprint density at radius 1 is 1.78 bits per heavy atom. The van der Waals surface area contributed by atoms with E-state index in [0.717, 1.165) is 11.5 Å². The summed E-state index contributed by atoms with van der Waals surface area (Å²) in [4.78, 5) is 10.4. The molecule has 9 heavy (non-hydrogen) atoms. The highest BCUT2D eigenvalue weighted by Crippen LogP contribution is 2.12. The van der Waals surface area contributed by atoms with E-state index in [-0.39, 0.29) is 0 Å². The number of hydrogen-bond donors (Lipinski definition) is 2. The number of nitrogens with two attached hydrogens (primary N) is 1. The van der Waals surface area contributed by atoms with Crippen LogP contribution in [0.25, 0.3) is 0 Å². The molecule has 1 amide bonds. The summed E-state index contributed by atoms with van der Waals surface area (Å²) in [7, 11) is 0. The summed E-state index contributed by atoms with van der Waals surface area (Å²) in [5.74, 6) is -0.435. The van der Waals surface area contributed by atoms with Crippen molar-refractivity contribution in [3.05, 3.63) is 0 Å². The Morgan fingerprint density at radius 3 is 2.67 bits per heavy atom. The molecule has 52 valence electrons. The molecular formula is C5H10N2O2. The third kappa shape index (κ3) is 1.20. The molecule has 4 heteroatoms. The predicted octanol–water partition coefficient (Wildman–Crippen LogP) is -0.675. The monoisotopic (exact) mass is 130 g/mol. The molecule has 0 unspecified atom stereocenters. The molecule has 0 bridgehead atoms. The van der Waals surface area contributed by atoms with Gasteiger partial charge >= 0.3 is 0 Å². The number of hydrogen-bond acceptors (Lipinski definition) is 3. The highest BCUT2D eigenvalue weighted by molar-refractivity contribution is 5.79. The van der Waals surface area contributed by atoms with Crippen molar-refractivity contribution < 1.29 is 10.0 Å². The van der Waals surface area contributed by atoms with Crippen LogP contribution in [0.5, 0.6) is 0 Å². The molecule has 1 aliphatic heterocycles. The number of primary amides is 1. The molecule has 0 aromatic heterocycles. The fourth-order valence-corrected chi connectivity index (χ4v) is 1.04. The number of amides is 1. The normalized spacial score (nSPS) is 28.8. The Morgan fingerprint density at radius 2 is 2.44 bits per heavy atom. The molecular weight excluding hydrogens is 120 g/mol. The van der Waals surface area contributed by atoms with Crippen molar-refractivity contribution in [3.63, 3.8) is 0 Å². The minimum absolute atomic E-state index is 0.435. The number of carbonyl (C=O) groups excluding carboxylic acids is 1. The van der Waals surface area contributed by atoms with E-state index in [2.05, 4.69) is 0 Å². The second-order valence-electron chi connectivity index (χ2n) is 2.22. The lowest BCUT2D eigenvalue weighted by atomic mass is 10.2. The van der Waals surface area contributed by atoms with Gasteiger partial charge in [0.05, 0.1) is 0 Å². The second-order valence-corrected chi connectivity index (χ2v) is 2.22. The highest BCUT2D eigenvalue weighted by atomic mass is 16.5. The lowest BCUT2D eigenvalue weighted by molar-refractivity contribution is -0.142. The highest BCUT2D eigenvalue weighted by Gasteiger charge is 2.27. The van der Waals surface area contributed by atoms with Crippen LogP contribution < -0.4 is 5.73 Å². The van der Waals surface area contributed by atoms with Gasteiger partial charge in [-0.1, -0.05) is 0 Å². The van der Waals surface area contributed by atoms with Crippen molar-refractivity contribution in [3.8, 4) is 0 Å². The number of carbonyl (C=O) groups is 1. The van der Waals surface area contributed by atoms with E-state index < -0.39 is 11.9 Å². The zero-order valence-electron chi connectivity index (χ0n) is 5.08. The maximum Gasteiger partial charge on any atom is 0.237 e. The van der Waals surface area contributed by atoms with Gasteiger partial charge in [-0.2, -0.15) is 5.06 Å². The smallest absolute Gasteiger partial charge is 0.237 e. The third-order valence-electron chi connectivity index (χ3n) is 1.55. The molecule has 1 saturated heterocycles. The molecule has 1 aliphatic rings. The third-order valence-corrected chi connectivity index (χ3v) is 1.55. The van der Waals surface area contributed by atoms with Crippen LogP contribution in [0.15, 0.2) is 0 Å². The van der Waals surface area contributed by atoms with Crippen LogP contribution in [-0.4, -0.2) is 28.8 Å². The number of rotatable bonds is 1. The SMILES string of the molecule is NC(=O)[C@H]1CCCN1O. The molecule has 0 aliphatic carbocycles. The lowest BCUT2D eigenvalue weighted by Gasteiger charge is -2.12. The van der Waals surface area contributed by atoms with Crippen LogP contribution in [-0.2, 0) is 4.79 Å². The minimum Gasteiger partial charge on any atom is -0.368 e. The van der Waals surface area contributed by atoms with Crippen molar-refractivity contribution in [2.45, 2.75) is 18.9 Å². The van der Waals surface area contributed by atoms with E-state index in [1.165, 1.54) is 0 Å². The summed E-state index contributed by atoms with van der Waals surface area (Å²) in [6, 6.07) is -0.440. The summed E-state index contributed by atoms with van der Waals surface area (Å²) < 4.78 is 0. The molecule has 0 aromatic rings. The Bertz CT molecular complexity index is 126. The van der Waals surface area contributed by atoms with Crippen LogP contribution in [0.1, 0.15) is 12.8 Å². The van der Waals surface area contributed by atoms with Gasteiger partial charge < -0.3 is 10.9 Å². The molecule has 1 atom stereocenters. The Labute approximate surface area is 53.2 Å². The first-order chi connectivity index (χ1) is 4.22. The van der Waals surface area contributed by atoms with Crippen LogP contribution in [0.4, 0.5) is 0 Å². The van der Waals surface area contributed by atoms with Crippen LogP contribution in [0.2, 0.25) is 0 Å². The van der Waals surface area contributed by atoms with Crippen molar-refractivity contribution in [1.29, 1.82) is 0 Å². The summed E-state index contributed by atoms with van der Waals surface area (Å²) in [6.07, 6.45) is 1.54. The summed E-state index contributed by atoms with van der Waals surface area (Å²) in [5.41, 5.74) is 4.95. The fourth-order valence-electron chi connectivity index (χ4n) is 1.04. The molecule has 0 radical (unpaired) electrons. The Balaban J connectivity index is 2.49. The lowest BCUT2D eigenvalue weighted by Crippen LogP contribution is -2.38. The largest absolute Gasteiger partial charge is 0.368 e. The first-order valence-corrected chi connectivity index (χ1v) is 2.96. The van der Waals surface area contributed by atoms with Gasteiger partial charge in [0.25, 0.3) is 0 Å². The van der Waals surface area contributed by atoms with Crippen molar-refractivity contribution in [2.75, 3.05) is 6.54 Å². The van der Waals surface area contributed by atoms with Gasteiger partial charge in [0, 0.05) is 6.54 Å². The molecule has 4 nitrogen and oxygen atoms in total. The summed E-state index contributed by atoms with van der Waals surface area (Å²) >= 11 is 0. The van der Waals surface area contributed by atoms with Gasteiger partial charge in [0.1, 0.15) is 6.04 Å². The predicted molar refractivity (Wildman–Crippen MR) is 30.7 cm³/mol. The second kappa shape index (κ2) is 2.33. The standard InChI is InChI=1S/C5H10N2O2/c6-5(8)4-2-1-3-7(4)9/h4,9H,1-3H2,(H2,6,8)/t4-/m1/s1. The molecule has 0 spiro atoms. The average Bonchev–Trinajstić information content (AvgIpc) is 2.13. The topological polar surface area (TPSA) is 66.6 Å². The quantitative estimate of drug-likeness (QED) is 0.494. The maximum atomic E-state index is 10.4.